The van der Waals surface area contributed by atoms with E-state index in [0.29, 0.717) is 12.0 Å². The fraction of sp³-hybridized carbons (Fsp3) is 1.00. The molecule has 0 N–H and O–H groups in total. The van der Waals surface area contributed by atoms with Crippen molar-refractivity contribution in [2.45, 2.75) is 52.7 Å². The molecular formula is C12H25N3O. The van der Waals surface area contributed by atoms with Crippen molar-refractivity contribution < 1.29 is 4.74 Å². The Morgan fingerprint density at radius 2 is 2.12 bits per heavy atom. The molecule has 4 nitrogen and oxygen atoms in total. The average molecular weight is 227 g/mol. The van der Waals surface area contributed by atoms with Crippen molar-refractivity contribution in [3.05, 3.63) is 0 Å². The fourth-order valence-electron chi connectivity index (χ4n) is 1.69. The molecule has 4 heteroatoms. The third-order valence-corrected chi connectivity index (χ3v) is 2.60. The highest BCUT2D eigenvalue weighted by atomic mass is 16.5. The first-order valence-electron chi connectivity index (χ1n) is 6.19. The maximum Gasteiger partial charge on any atom is 0.0893 e. The van der Waals surface area contributed by atoms with Crippen LogP contribution in [0.4, 0.5) is 0 Å². The van der Waals surface area contributed by atoms with Gasteiger partial charge in [-0.3, -0.25) is 5.01 Å². The molecule has 0 fully saturated rings. The van der Waals surface area contributed by atoms with Crippen LogP contribution in [0.2, 0.25) is 0 Å². The maximum absolute atomic E-state index is 5.89. The number of rotatable bonds is 6. The van der Waals surface area contributed by atoms with E-state index in [2.05, 4.69) is 45.0 Å². The van der Waals surface area contributed by atoms with Crippen molar-refractivity contribution >= 4 is 0 Å². The molecule has 1 heterocycles. The molecule has 1 aliphatic heterocycles. The van der Waals surface area contributed by atoms with Crippen molar-refractivity contribution in [2.75, 3.05) is 19.7 Å². The minimum absolute atomic E-state index is 0.141. The highest BCUT2D eigenvalue weighted by Gasteiger charge is 2.25. The van der Waals surface area contributed by atoms with Crippen LogP contribution in [-0.2, 0) is 4.74 Å². The van der Waals surface area contributed by atoms with Crippen LogP contribution in [0.3, 0.4) is 0 Å². The zero-order valence-electron chi connectivity index (χ0n) is 11.2. The Kier molecular flexibility index (Phi) is 4.71. The monoisotopic (exact) mass is 227 g/mol. The van der Waals surface area contributed by atoms with Gasteiger partial charge in [0.05, 0.1) is 24.7 Å². The summed E-state index contributed by atoms with van der Waals surface area (Å²) < 4.78 is 5.89. The van der Waals surface area contributed by atoms with E-state index in [9.17, 15) is 0 Å². The zero-order chi connectivity index (χ0) is 12.2. The van der Waals surface area contributed by atoms with Gasteiger partial charge in [-0.1, -0.05) is 19.1 Å². The van der Waals surface area contributed by atoms with Gasteiger partial charge in [-0.05, 0) is 33.1 Å². The molecule has 1 aliphatic rings. The third-order valence-electron chi connectivity index (χ3n) is 2.60. The van der Waals surface area contributed by atoms with E-state index < -0.39 is 0 Å². The Morgan fingerprint density at radius 1 is 1.44 bits per heavy atom. The van der Waals surface area contributed by atoms with E-state index in [0.717, 1.165) is 26.1 Å². The van der Waals surface area contributed by atoms with E-state index in [1.807, 2.05) is 5.01 Å². The molecule has 0 bridgehead atoms. The largest absolute Gasteiger partial charge is 0.374 e. The number of ether oxygens (including phenoxy) is 1. The van der Waals surface area contributed by atoms with E-state index in [4.69, 9.17) is 4.74 Å². The lowest BCUT2D eigenvalue weighted by atomic mass is 10.1. The summed E-state index contributed by atoms with van der Waals surface area (Å²) >= 11 is 0. The van der Waals surface area contributed by atoms with Crippen molar-refractivity contribution in [1.29, 1.82) is 0 Å². The van der Waals surface area contributed by atoms with E-state index in [1.54, 1.807) is 0 Å². The second kappa shape index (κ2) is 5.62. The molecule has 1 atom stereocenters. The summed E-state index contributed by atoms with van der Waals surface area (Å²) in [5.74, 6) is 0.697. The summed E-state index contributed by atoms with van der Waals surface area (Å²) in [6, 6.07) is 0.325. The van der Waals surface area contributed by atoms with Crippen LogP contribution in [0.15, 0.2) is 10.3 Å². The van der Waals surface area contributed by atoms with Crippen LogP contribution in [0, 0.1) is 5.92 Å². The lowest BCUT2D eigenvalue weighted by molar-refractivity contribution is -0.0423. The summed E-state index contributed by atoms with van der Waals surface area (Å²) in [5, 5.41) is 10.2. The van der Waals surface area contributed by atoms with Gasteiger partial charge in [-0.15, -0.1) is 0 Å². The molecule has 0 amide bonds. The third kappa shape index (κ3) is 4.92. The van der Waals surface area contributed by atoms with E-state index in [-0.39, 0.29) is 5.60 Å². The molecule has 0 aromatic heterocycles. The Morgan fingerprint density at radius 3 is 2.62 bits per heavy atom. The Balaban J connectivity index is 2.25. The van der Waals surface area contributed by atoms with Gasteiger partial charge in [0.25, 0.3) is 0 Å². The smallest absolute Gasteiger partial charge is 0.0893 e. The molecule has 0 saturated carbocycles. The van der Waals surface area contributed by atoms with Gasteiger partial charge in [0.1, 0.15) is 0 Å². The van der Waals surface area contributed by atoms with Crippen LogP contribution in [-0.4, -0.2) is 36.3 Å². The Bertz CT molecular complexity index is 238. The molecule has 1 unspecified atom stereocenters. The first kappa shape index (κ1) is 13.4. The highest BCUT2D eigenvalue weighted by molar-refractivity contribution is 4.77. The molecule has 0 saturated heterocycles. The van der Waals surface area contributed by atoms with Gasteiger partial charge in [-0.2, -0.15) is 5.11 Å². The van der Waals surface area contributed by atoms with Gasteiger partial charge in [0.15, 0.2) is 0 Å². The standard InChI is InChI=1S/C12H25N3O/c1-10(2)6-7-16-12(4,5)9-15-8-11(3)13-14-15/h10-11H,6-9H2,1-5H3. The lowest BCUT2D eigenvalue weighted by Crippen LogP contribution is -2.38. The maximum atomic E-state index is 5.89. The SMILES string of the molecule is CC(C)CCOC(C)(C)CN1CC(C)N=N1. The Labute approximate surface area is 99.0 Å². The summed E-state index contributed by atoms with van der Waals surface area (Å²) in [4.78, 5) is 0. The molecule has 0 radical (unpaired) electrons. The number of nitrogens with zero attached hydrogens (tertiary/aromatic N) is 3. The summed E-state index contributed by atoms with van der Waals surface area (Å²) in [6.45, 7) is 13.3. The molecule has 1 rings (SSSR count). The van der Waals surface area contributed by atoms with Crippen LogP contribution in [0.25, 0.3) is 0 Å². The molecule has 0 aliphatic carbocycles. The molecule has 94 valence electrons. The van der Waals surface area contributed by atoms with Crippen molar-refractivity contribution in [1.82, 2.24) is 5.01 Å². The quantitative estimate of drug-likeness (QED) is 0.699. The van der Waals surface area contributed by atoms with E-state index >= 15 is 0 Å². The predicted molar refractivity (Wildman–Crippen MR) is 65.4 cm³/mol. The normalized spacial score (nSPS) is 21.1. The number of hydrogen-bond acceptors (Lipinski definition) is 4. The number of hydrogen-bond donors (Lipinski definition) is 0. The van der Waals surface area contributed by atoms with E-state index in [1.165, 1.54) is 0 Å². The average Bonchev–Trinajstić information content (AvgIpc) is 2.48. The first-order chi connectivity index (χ1) is 7.39. The predicted octanol–water partition coefficient (Wildman–Crippen LogP) is 2.90. The van der Waals surface area contributed by atoms with Gasteiger partial charge in [-0.25, -0.2) is 0 Å². The zero-order valence-corrected chi connectivity index (χ0v) is 11.2. The topological polar surface area (TPSA) is 37.2 Å². The first-order valence-corrected chi connectivity index (χ1v) is 6.19. The van der Waals surface area contributed by atoms with Crippen LogP contribution >= 0.6 is 0 Å². The van der Waals surface area contributed by atoms with Gasteiger partial charge >= 0.3 is 0 Å². The van der Waals surface area contributed by atoms with Crippen molar-refractivity contribution in [2.24, 2.45) is 16.3 Å². The van der Waals surface area contributed by atoms with Crippen molar-refractivity contribution in [3.63, 3.8) is 0 Å². The second-order valence-corrected chi connectivity index (χ2v) is 5.69. The molecule has 0 aromatic carbocycles. The summed E-state index contributed by atoms with van der Waals surface area (Å²) in [6.07, 6.45) is 1.11. The summed E-state index contributed by atoms with van der Waals surface area (Å²) in [7, 11) is 0. The van der Waals surface area contributed by atoms with Gasteiger partial charge in [0.2, 0.25) is 0 Å². The molecule has 16 heavy (non-hydrogen) atoms. The van der Waals surface area contributed by atoms with Crippen molar-refractivity contribution in [3.8, 4) is 0 Å². The molecule has 0 aromatic rings. The minimum atomic E-state index is -0.141. The highest BCUT2D eigenvalue weighted by Crippen LogP contribution is 2.17. The van der Waals surface area contributed by atoms with Crippen LogP contribution < -0.4 is 0 Å². The van der Waals surface area contributed by atoms with Gasteiger partial charge < -0.3 is 4.74 Å². The van der Waals surface area contributed by atoms with Crippen LogP contribution in [0.1, 0.15) is 41.0 Å². The molecule has 0 spiro atoms. The molecular weight excluding hydrogens is 202 g/mol. The van der Waals surface area contributed by atoms with Crippen LogP contribution in [0.5, 0.6) is 0 Å². The second-order valence-electron chi connectivity index (χ2n) is 5.69. The Hall–Kier alpha value is -0.640. The lowest BCUT2D eigenvalue weighted by Gasteiger charge is -2.29. The minimum Gasteiger partial charge on any atom is -0.374 e. The van der Waals surface area contributed by atoms with Gasteiger partial charge in [0, 0.05) is 6.61 Å². The summed E-state index contributed by atoms with van der Waals surface area (Å²) in [5.41, 5.74) is -0.141. The fourth-order valence-corrected chi connectivity index (χ4v) is 1.69.